The summed E-state index contributed by atoms with van der Waals surface area (Å²) in [7, 11) is 0. The van der Waals surface area contributed by atoms with Crippen LogP contribution in [0.5, 0.6) is 0 Å². The molecule has 16 heavy (non-hydrogen) atoms. The van der Waals surface area contributed by atoms with E-state index < -0.39 is 0 Å². The van der Waals surface area contributed by atoms with Gasteiger partial charge in [-0.05, 0) is 47.7 Å². The van der Waals surface area contributed by atoms with Crippen LogP contribution in [0.15, 0.2) is 35.3 Å². The van der Waals surface area contributed by atoms with Crippen LogP contribution in [-0.2, 0) is 5.54 Å². The van der Waals surface area contributed by atoms with Gasteiger partial charge < -0.3 is 5.32 Å². The maximum absolute atomic E-state index is 4.24. The van der Waals surface area contributed by atoms with Crippen LogP contribution in [0.3, 0.4) is 0 Å². The Labute approximate surface area is 98.6 Å². The molecule has 3 nitrogen and oxygen atoms in total. The zero-order valence-electron chi connectivity index (χ0n) is 8.89. The normalized spacial score (nSPS) is 17.8. The van der Waals surface area contributed by atoms with Crippen LogP contribution in [0.1, 0.15) is 24.8 Å². The third-order valence-electron chi connectivity index (χ3n) is 3.20. The van der Waals surface area contributed by atoms with E-state index in [1.165, 1.54) is 24.8 Å². The predicted molar refractivity (Wildman–Crippen MR) is 65.5 cm³/mol. The van der Waals surface area contributed by atoms with Crippen molar-refractivity contribution < 1.29 is 0 Å². The molecular weight excluding hydrogens is 218 g/mol. The van der Waals surface area contributed by atoms with Gasteiger partial charge in [0.05, 0.1) is 5.54 Å². The highest BCUT2D eigenvalue weighted by atomic mass is 32.1. The Kier molecular flexibility index (Phi) is 2.36. The van der Waals surface area contributed by atoms with Crippen LogP contribution in [-0.4, -0.2) is 9.97 Å². The third-order valence-corrected chi connectivity index (χ3v) is 3.88. The van der Waals surface area contributed by atoms with E-state index >= 15 is 0 Å². The maximum Gasteiger partial charge on any atom is 0.223 e. The second-order valence-corrected chi connectivity index (χ2v) is 4.93. The van der Waals surface area contributed by atoms with Gasteiger partial charge in [0.1, 0.15) is 0 Å². The molecule has 0 atom stereocenters. The zero-order valence-corrected chi connectivity index (χ0v) is 9.70. The van der Waals surface area contributed by atoms with Gasteiger partial charge in [-0.15, -0.1) is 0 Å². The van der Waals surface area contributed by atoms with Crippen molar-refractivity contribution in [2.75, 3.05) is 5.32 Å². The average molecular weight is 231 g/mol. The van der Waals surface area contributed by atoms with Crippen LogP contribution in [0, 0.1) is 0 Å². The summed E-state index contributed by atoms with van der Waals surface area (Å²) < 4.78 is 0. The lowest BCUT2D eigenvalue weighted by Crippen LogP contribution is -2.42. The predicted octanol–water partition coefficient (Wildman–Crippen LogP) is 3.03. The van der Waals surface area contributed by atoms with E-state index in [0.717, 1.165) is 5.95 Å². The van der Waals surface area contributed by atoms with Crippen LogP contribution < -0.4 is 5.32 Å². The highest BCUT2D eigenvalue weighted by molar-refractivity contribution is 7.08. The Morgan fingerprint density at radius 3 is 2.62 bits per heavy atom. The van der Waals surface area contributed by atoms with Gasteiger partial charge in [-0.2, -0.15) is 11.3 Å². The van der Waals surface area contributed by atoms with Gasteiger partial charge in [-0.1, -0.05) is 0 Å². The molecule has 0 amide bonds. The maximum atomic E-state index is 4.24. The van der Waals surface area contributed by atoms with Gasteiger partial charge in [0.15, 0.2) is 0 Å². The summed E-state index contributed by atoms with van der Waals surface area (Å²) in [5.41, 5.74) is 1.46. The summed E-state index contributed by atoms with van der Waals surface area (Å²) in [6, 6.07) is 4.03. The van der Waals surface area contributed by atoms with E-state index in [0.29, 0.717) is 0 Å². The number of anilines is 1. The smallest absolute Gasteiger partial charge is 0.223 e. The van der Waals surface area contributed by atoms with Crippen molar-refractivity contribution in [1.29, 1.82) is 0 Å². The topological polar surface area (TPSA) is 37.8 Å². The van der Waals surface area contributed by atoms with E-state index in [4.69, 9.17) is 0 Å². The van der Waals surface area contributed by atoms with Gasteiger partial charge in [0, 0.05) is 12.4 Å². The number of aromatic nitrogens is 2. The molecule has 1 fully saturated rings. The number of rotatable bonds is 3. The number of hydrogen-bond donors (Lipinski definition) is 1. The molecule has 0 aliphatic heterocycles. The highest BCUT2D eigenvalue weighted by Crippen LogP contribution is 2.44. The Morgan fingerprint density at radius 2 is 2.06 bits per heavy atom. The Morgan fingerprint density at radius 1 is 1.25 bits per heavy atom. The molecule has 2 aromatic heterocycles. The highest BCUT2D eigenvalue weighted by Gasteiger charge is 2.39. The molecule has 0 unspecified atom stereocenters. The minimum Gasteiger partial charge on any atom is -0.345 e. The molecule has 1 saturated carbocycles. The van der Waals surface area contributed by atoms with Gasteiger partial charge in [-0.25, -0.2) is 9.97 Å². The zero-order chi connectivity index (χ0) is 10.8. The largest absolute Gasteiger partial charge is 0.345 e. The molecule has 82 valence electrons. The summed E-state index contributed by atoms with van der Waals surface area (Å²) in [5.74, 6) is 0.730. The Bertz CT molecular complexity index is 448. The lowest BCUT2D eigenvalue weighted by molar-refractivity contribution is 0.283. The van der Waals surface area contributed by atoms with Crippen LogP contribution in [0.25, 0.3) is 0 Å². The fraction of sp³-hybridized carbons (Fsp3) is 0.333. The molecule has 2 aromatic rings. The molecule has 1 aliphatic carbocycles. The van der Waals surface area contributed by atoms with Gasteiger partial charge in [0.2, 0.25) is 5.95 Å². The summed E-state index contributed by atoms with van der Waals surface area (Å²) in [6.45, 7) is 0. The summed E-state index contributed by atoms with van der Waals surface area (Å²) in [6.07, 6.45) is 7.16. The van der Waals surface area contributed by atoms with E-state index in [-0.39, 0.29) is 5.54 Å². The molecule has 2 heterocycles. The van der Waals surface area contributed by atoms with E-state index in [9.17, 15) is 0 Å². The van der Waals surface area contributed by atoms with Gasteiger partial charge in [0.25, 0.3) is 0 Å². The fourth-order valence-corrected chi connectivity index (χ4v) is 2.89. The van der Waals surface area contributed by atoms with Gasteiger partial charge in [-0.3, -0.25) is 0 Å². The van der Waals surface area contributed by atoms with Crippen LogP contribution in [0.2, 0.25) is 0 Å². The standard InChI is InChI=1S/C12H13N3S/c1-4-12(5-1,10-3-8-16-9-10)15-11-13-6-2-7-14-11/h2-3,6-9H,1,4-5H2,(H,13,14,15). The number of nitrogens with one attached hydrogen (secondary N) is 1. The van der Waals surface area contributed by atoms with Crippen molar-refractivity contribution in [1.82, 2.24) is 9.97 Å². The van der Waals surface area contributed by atoms with Crippen molar-refractivity contribution in [3.8, 4) is 0 Å². The first-order chi connectivity index (χ1) is 7.89. The molecule has 0 bridgehead atoms. The minimum absolute atomic E-state index is 0.0847. The molecule has 1 N–H and O–H groups in total. The lowest BCUT2D eigenvalue weighted by Gasteiger charge is -2.42. The van der Waals surface area contributed by atoms with Crippen molar-refractivity contribution in [2.24, 2.45) is 0 Å². The number of thiophene rings is 1. The molecule has 0 aromatic carbocycles. The van der Waals surface area contributed by atoms with Gasteiger partial charge >= 0.3 is 0 Å². The monoisotopic (exact) mass is 231 g/mol. The first-order valence-corrected chi connectivity index (χ1v) is 6.41. The van der Waals surface area contributed by atoms with Crippen LogP contribution >= 0.6 is 11.3 Å². The third kappa shape index (κ3) is 1.59. The Hall–Kier alpha value is -1.42. The molecule has 4 heteroatoms. The number of hydrogen-bond acceptors (Lipinski definition) is 4. The molecule has 0 radical (unpaired) electrons. The van der Waals surface area contributed by atoms with Crippen molar-refractivity contribution in [3.05, 3.63) is 40.8 Å². The lowest BCUT2D eigenvalue weighted by atomic mass is 9.73. The average Bonchev–Trinajstić information content (AvgIpc) is 2.78. The fourth-order valence-electron chi connectivity index (χ4n) is 2.13. The summed E-state index contributed by atoms with van der Waals surface area (Å²) >= 11 is 1.75. The molecule has 0 spiro atoms. The molecule has 0 saturated heterocycles. The second-order valence-electron chi connectivity index (χ2n) is 4.15. The number of nitrogens with zero attached hydrogens (tertiary/aromatic N) is 2. The first-order valence-electron chi connectivity index (χ1n) is 5.47. The minimum atomic E-state index is 0.0847. The second kappa shape index (κ2) is 3.87. The summed E-state index contributed by atoms with van der Waals surface area (Å²) in [5, 5.41) is 7.82. The molecular formula is C12H13N3S. The van der Waals surface area contributed by atoms with Crippen LogP contribution in [0.4, 0.5) is 5.95 Å². The van der Waals surface area contributed by atoms with E-state index in [1.54, 1.807) is 23.7 Å². The van der Waals surface area contributed by atoms with Crippen molar-refractivity contribution in [3.63, 3.8) is 0 Å². The molecule has 1 aliphatic rings. The van der Waals surface area contributed by atoms with E-state index in [1.807, 2.05) is 6.07 Å². The van der Waals surface area contributed by atoms with E-state index in [2.05, 4.69) is 32.1 Å². The SMILES string of the molecule is c1cnc(NC2(c3ccsc3)CCC2)nc1. The molecule has 3 rings (SSSR count). The Balaban J connectivity index is 1.87. The van der Waals surface area contributed by atoms with Crippen molar-refractivity contribution in [2.45, 2.75) is 24.8 Å². The summed E-state index contributed by atoms with van der Waals surface area (Å²) in [4.78, 5) is 8.47. The quantitative estimate of drug-likeness (QED) is 0.882. The van der Waals surface area contributed by atoms with Crippen molar-refractivity contribution >= 4 is 17.3 Å². The first kappa shape index (κ1) is 9.78.